The van der Waals surface area contributed by atoms with Crippen LogP contribution in [0.1, 0.15) is 36.7 Å². The molecule has 0 fully saturated rings. The van der Waals surface area contributed by atoms with Crippen molar-refractivity contribution in [3.05, 3.63) is 77.6 Å². The van der Waals surface area contributed by atoms with Crippen molar-refractivity contribution >= 4 is 17.3 Å². The Labute approximate surface area is 154 Å². The Morgan fingerprint density at radius 2 is 1.65 bits per heavy atom. The summed E-state index contributed by atoms with van der Waals surface area (Å²) in [5, 5.41) is 3.42. The van der Waals surface area contributed by atoms with Crippen LogP contribution < -0.4 is 10.2 Å². The van der Waals surface area contributed by atoms with Crippen molar-refractivity contribution in [3.8, 4) is 0 Å². The van der Waals surface area contributed by atoms with Crippen LogP contribution >= 0.6 is 0 Å². The Bertz CT molecular complexity index is 890. The van der Waals surface area contributed by atoms with Gasteiger partial charge in [-0.05, 0) is 29.7 Å². The van der Waals surface area contributed by atoms with E-state index >= 15 is 0 Å². The first-order valence-corrected chi connectivity index (χ1v) is 9.22. The van der Waals surface area contributed by atoms with Gasteiger partial charge in [0.2, 0.25) is 0 Å². The average molecular weight is 344 g/mol. The van der Waals surface area contributed by atoms with Gasteiger partial charge in [-0.1, -0.05) is 56.3 Å². The van der Waals surface area contributed by atoms with Crippen LogP contribution in [0.15, 0.2) is 60.7 Å². The molecule has 0 radical (unpaired) electrons. The molecule has 1 aromatic heterocycles. The molecule has 4 nitrogen and oxygen atoms in total. The van der Waals surface area contributed by atoms with Crippen LogP contribution in [-0.4, -0.2) is 16.5 Å². The van der Waals surface area contributed by atoms with Gasteiger partial charge in [-0.2, -0.15) is 0 Å². The molecule has 132 valence electrons. The molecule has 0 aliphatic carbocycles. The number of para-hydroxylation sites is 1. The number of anilines is 3. The van der Waals surface area contributed by atoms with Crippen LogP contribution in [0.25, 0.3) is 0 Å². The number of hydrogen-bond acceptors (Lipinski definition) is 4. The summed E-state index contributed by atoms with van der Waals surface area (Å²) in [6.07, 6.45) is 1.05. The molecule has 0 amide bonds. The van der Waals surface area contributed by atoms with E-state index in [0.717, 1.165) is 42.7 Å². The number of rotatable bonds is 4. The van der Waals surface area contributed by atoms with E-state index in [4.69, 9.17) is 9.97 Å². The summed E-state index contributed by atoms with van der Waals surface area (Å²) < 4.78 is 0. The molecule has 2 aromatic carbocycles. The lowest BCUT2D eigenvalue weighted by atomic mass is 10.00. The zero-order valence-corrected chi connectivity index (χ0v) is 15.3. The lowest BCUT2D eigenvalue weighted by molar-refractivity contribution is 0.703. The molecule has 0 atom stereocenters. The molecule has 0 spiro atoms. The van der Waals surface area contributed by atoms with Crippen LogP contribution in [0.3, 0.4) is 0 Å². The molecule has 0 saturated heterocycles. The number of hydrogen-bond donors (Lipinski definition) is 1. The van der Waals surface area contributed by atoms with Crippen LogP contribution in [0, 0.1) is 0 Å². The Morgan fingerprint density at radius 3 is 2.42 bits per heavy atom. The highest BCUT2D eigenvalue weighted by atomic mass is 15.2. The van der Waals surface area contributed by atoms with Gasteiger partial charge in [0.1, 0.15) is 17.5 Å². The fraction of sp³-hybridized carbons (Fsp3) is 0.273. The highest BCUT2D eigenvalue weighted by Crippen LogP contribution is 2.27. The van der Waals surface area contributed by atoms with E-state index in [1.54, 1.807) is 0 Å². The Hall–Kier alpha value is -2.88. The fourth-order valence-electron chi connectivity index (χ4n) is 3.30. The van der Waals surface area contributed by atoms with Gasteiger partial charge < -0.3 is 10.2 Å². The number of benzene rings is 2. The van der Waals surface area contributed by atoms with Gasteiger partial charge in [0.25, 0.3) is 0 Å². The number of aromatic nitrogens is 2. The minimum Gasteiger partial charge on any atom is -0.352 e. The van der Waals surface area contributed by atoms with Crippen molar-refractivity contribution in [2.24, 2.45) is 0 Å². The molecule has 3 aromatic rings. The summed E-state index contributed by atoms with van der Waals surface area (Å²) in [6, 6.07) is 20.9. The molecule has 0 saturated carbocycles. The van der Waals surface area contributed by atoms with Crippen molar-refractivity contribution in [3.63, 3.8) is 0 Å². The minimum atomic E-state index is 0.281. The second-order valence-corrected chi connectivity index (χ2v) is 7.06. The molecule has 4 rings (SSSR count). The second-order valence-electron chi connectivity index (χ2n) is 7.06. The Kier molecular flexibility index (Phi) is 4.57. The van der Waals surface area contributed by atoms with Crippen LogP contribution in [0.5, 0.6) is 0 Å². The van der Waals surface area contributed by atoms with Crippen LogP contribution in [0.2, 0.25) is 0 Å². The molecule has 26 heavy (non-hydrogen) atoms. The van der Waals surface area contributed by atoms with Gasteiger partial charge >= 0.3 is 0 Å². The van der Waals surface area contributed by atoms with Gasteiger partial charge in [0, 0.05) is 30.8 Å². The predicted octanol–water partition coefficient (Wildman–Crippen LogP) is 4.91. The van der Waals surface area contributed by atoms with Crippen molar-refractivity contribution in [1.29, 1.82) is 0 Å². The highest BCUT2D eigenvalue weighted by molar-refractivity contribution is 5.60. The van der Waals surface area contributed by atoms with Crippen molar-refractivity contribution in [1.82, 2.24) is 9.97 Å². The number of nitrogens with zero attached hydrogens (tertiary/aromatic N) is 3. The summed E-state index contributed by atoms with van der Waals surface area (Å²) in [6.45, 7) is 6.15. The summed E-state index contributed by atoms with van der Waals surface area (Å²) in [7, 11) is 0. The molecule has 1 aliphatic rings. The lowest BCUT2D eigenvalue weighted by Crippen LogP contribution is -2.31. The van der Waals surface area contributed by atoms with Crippen LogP contribution in [0.4, 0.5) is 17.3 Å². The van der Waals surface area contributed by atoms with E-state index in [9.17, 15) is 0 Å². The fourth-order valence-corrected chi connectivity index (χ4v) is 3.30. The van der Waals surface area contributed by atoms with E-state index in [1.807, 2.05) is 30.3 Å². The first-order chi connectivity index (χ1) is 12.7. The van der Waals surface area contributed by atoms with E-state index in [1.165, 1.54) is 11.1 Å². The predicted molar refractivity (Wildman–Crippen MR) is 107 cm³/mol. The third-order valence-electron chi connectivity index (χ3n) is 4.75. The number of fused-ring (bicyclic) bond motifs is 1. The Balaban J connectivity index is 1.65. The smallest absolute Gasteiger partial charge is 0.136 e. The largest absolute Gasteiger partial charge is 0.352 e. The summed E-state index contributed by atoms with van der Waals surface area (Å²) in [4.78, 5) is 11.9. The lowest BCUT2D eigenvalue weighted by Gasteiger charge is -2.30. The maximum Gasteiger partial charge on any atom is 0.136 e. The van der Waals surface area contributed by atoms with Gasteiger partial charge in [0.15, 0.2) is 0 Å². The van der Waals surface area contributed by atoms with Gasteiger partial charge in [-0.15, -0.1) is 0 Å². The molecule has 1 aliphatic heterocycles. The summed E-state index contributed by atoms with van der Waals surface area (Å²) in [5.41, 5.74) is 3.88. The Morgan fingerprint density at radius 1 is 0.923 bits per heavy atom. The van der Waals surface area contributed by atoms with Crippen molar-refractivity contribution < 1.29 is 0 Å². The third kappa shape index (κ3) is 3.54. The van der Waals surface area contributed by atoms with E-state index in [0.29, 0.717) is 0 Å². The average Bonchev–Trinajstić information content (AvgIpc) is 2.68. The SMILES string of the molecule is CC(C)c1nc(Nc2ccccc2)cc(N2CCc3ccccc3C2)n1. The quantitative estimate of drug-likeness (QED) is 0.730. The minimum absolute atomic E-state index is 0.281. The van der Waals surface area contributed by atoms with Gasteiger partial charge in [-0.25, -0.2) is 9.97 Å². The van der Waals surface area contributed by atoms with Crippen molar-refractivity contribution in [2.45, 2.75) is 32.7 Å². The monoisotopic (exact) mass is 344 g/mol. The molecule has 2 heterocycles. The van der Waals surface area contributed by atoms with Crippen molar-refractivity contribution in [2.75, 3.05) is 16.8 Å². The zero-order chi connectivity index (χ0) is 17.9. The first kappa shape index (κ1) is 16.6. The first-order valence-electron chi connectivity index (χ1n) is 9.22. The highest BCUT2D eigenvalue weighted by Gasteiger charge is 2.19. The molecule has 1 N–H and O–H groups in total. The number of nitrogens with one attached hydrogen (secondary N) is 1. The summed E-state index contributed by atoms with van der Waals surface area (Å²) in [5.74, 6) is 3.00. The molecule has 0 unspecified atom stereocenters. The van der Waals surface area contributed by atoms with Crippen LogP contribution in [-0.2, 0) is 13.0 Å². The third-order valence-corrected chi connectivity index (χ3v) is 4.75. The zero-order valence-electron chi connectivity index (χ0n) is 15.3. The van der Waals surface area contributed by atoms with E-state index < -0.39 is 0 Å². The topological polar surface area (TPSA) is 41.1 Å². The molecule has 4 heteroatoms. The molecule has 0 bridgehead atoms. The normalized spacial score (nSPS) is 13.6. The molecular formula is C22H24N4. The van der Waals surface area contributed by atoms with E-state index in [-0.39, 0.29) is 5.92 Å². The van der Waals surface area contributed by atoms with Gasteiger partial charge in [0.05, 0.1) is 0 Å². The maximum atomic E-state index is 4.85. The molecular weight excluding hydrogens is 320 g/mol. The standard InChI is InChI=1S/C22H24N4/c1-16(2)22-24-20(23-19-10-4-3-5-11-19)14-21(25-22)26-13-12-17-8-6-7-9-18(17)15-26/h3-11,14,16H,12-13,15H2,1-2H3,(H,23,24,25). The van der Waals surface area contributed by atoms with E-state index in [2.05, 4.69) is 54.4 Å². The second kappa shape index (κ2) is 7.16. The summed E-state index contributed by atoms with van der Waals surface area (Å²) >= 11 is 0. The maximum absolute atomic E-state index is 4.85. The van der Waals surface area contributed by atoms with Gasteiger partial charge in [-0.3, -0.25) is 0 Å².